The van der Waals surface area contributed by atoms with Gasteiger partial charge >= 0.3 is 5.97 Å². The lowest BCUT2D eigenvalue weighted by atomic mass is 10.2. The molecule has 0 atom stereocenters. The summed E-state index contributed by atoms with van der Waals surface area (Å²) in [6, 6.07) is 11.7. The molecular formula is C17H17NO3. The number of carbonyl (C=O) groups is 2. The molecule has 0 fully saturated rings. The molecule has 1 aromatic carbocycles. The number of esters is 1. The first-order valence-corrected chi connectivity index (χ1v) is 6.61. The summed E-state index contributed by atoms with van der Waals surface area (Å²) >= 11 is 0. The molecule has 1 aromatic heterocycles. The van der Waals surface area contributed by atoms with Crippen molar-refractivity contribution in [1.29, 1.82) is 0 Å². The Morgan fingerprint density at radius 3 is 2.57 bits per heavy atom. The maximum atomic E-state index is 11.5. The van der Waals surface area contributed by atoms with Gasteiger partial charge < -0.3 is 9.30 Å². The molecular weight excluding hydrogens is 266 g/mol. The van der Waals surface area contributed by atoms with Gasteiger partial charge in [-0.2, -0.15) is 0 Å². The third-order valence-corrected chi connectivity index (χ3v) is 3.12. The van der Waals surface area contributed by atoms with Crippen molar-refractivity contribution in [2.75, 3.05) is 7.11 Å². The van der Waals surface area contributed by atoms with Crippen molar-refractivity contribution in [1.82, 2.24) is 4.57 Å². The van der Waals surface area contributed by atoms with Crippen LogP contribution in [0.25, 0.3) is 6.08 Å². The fourth-order valence-electron chi connectivity index (χ4n) is 2.00. The molecule has 0 radical (unpaired) electrons. The van der Waals surface area contributed by atoms with Crippen LogP contribution in [0.2, 0.25) is 0 Å². The molecule has 0 unspecified atom stereocenters. The van der Waals surface area contributed by atoms with Gasteiger partial charge in [-0.1, -0.05) is 30.3 Å². The molecule has 0 aliphatic carbocycles. The standard InChI is InChI=1S/C17H17NO3/c1-13(19)15-10-16(8-9-17(20)21-2)18(12-15)11-14-6-4-3-5-7-14/h3-10,12H,11H2,1-2H3. The molecule has 0 bridgehead atoms. The Kier molecular flexibility index (Phi) is 4.72. The lowest BCUT2D eigenvalue weighted by Gasteiger charge is -2.06. The molecule has 4 nitrogen and oxygen atoms in total. The number of methoxy groups -OCH3 is 1. The van der Waals surface area contributed by atoms with Gasteiger partial charge in [-0.05, 0) is 24.6 Å². The number of ketones is 1. The van der Waals surface area contributed by atoms with Gasteiger partial charge in [0, 0.05) is 30.1 Å². The van der Waals surface area contributed by atoms with Crippen LogP contribution in [0.4, 0.5) is 0 Å². The summed E-state index contributed by atoms with van der Waals surface area (Å²) in [6.07, 6.45) is 4.80. The first-order chi connectivity index (χ1) is 10.1. The molecule has 0 aliphatic heterocycles. The molecule has 21 heavy (non-hydrogen) atoms. The molecule has 2 aromatic rings. The second-order valence-corrected chi connectivity index (χ2v) is 4.68. The summed E-state index contributed by atoms with van der Waals surface area (Å²) in [5.41, 5.74) is 2.53. The van der Waals surface area contributed by atoms with E-state index in [9.17, 15) is 9.59 Å². The first kappa shape index (κ1) is 14.8. The van der Waals surface area contributed by atoms with E-state index in [1.165, 1.54) is 20.1 Å². The van der Waals surface area contributed by atoms with Crippen LogP contribution >= 0.6 is 0 Å². The molecule has 4 heteroatoms. The lowest BCUT2D eigenvalue weighted by Crippen LogP contribution is -2.01. The van der Waals surface area contributed by atoms with Crippen LogP contribution in [0.5, 0.6) is 0 Å². The molecule has 0 saturated heterocycles. The van der Waals surface area contributed by atoms with Gasteiger partial charge in [0.15, 0.2) is 5.78 Å². The minimum atomic E-state index is -0.424. The van der Waals surface area contributed by atoms with Crippen molar-refractivity contribution in [2.45, 2.75) is 13.5 Å². The quantitative estimate of drug-likeness (QED) is 0.481. The predicted molar refractivity (Wildman–Crippen MR) is 81.0 cm³/mol. The van der Waals surface area contributed by atoms with E-state index < -0.39 is 5.97 Å². The highest BCUT2D eigenvalue weighted by atomic mass is 16.5. The topological polar surface area (TPSA) is 48.3 Å². The Balaban J connectivity index is 2.31. The number of Topliss-reactive ketones (excluding diaryl/α,β-unsaturated/α-hetero) is 1. The fourth-order valence-corrected chi connectivity index (χ4v) is 2.00. The van der Waals surface area contributed by atoms with E-state index in [1.807, 2.05) is 34.9 Å². The molecule has 0 saturated carbocycles. The minimum Gasteiger partial charge on any atom is -0.466 e. The van der Waals surface area contributed by atoms with E-state index in [4.69, 9.17) is 0 Å². The van der Waals surface area contributed by atoms with Gasteiger partial charge in [-0.3, -0.25) is 4.79 Å². The van der Waals surface area contributed by atoms with Crippen molar-refractivity contribution in [3.05, 3.63) is 65.5 Å². The van der Waals surface area contributed by atoms with Crippen molar-refractivity contribution in [2.24, 2.45) is 0 Å². The molecule has 0 aliphatic rings. The van der Waals surface area contributed by atoms with Crippen LogP contribution in [0, 0.1) is 0 Å². The van der Waals surface area contributed by atoms with E-state index in [2.05, 4.69) is 4.74 Å². The summed E-state index contributed by atoms with van der Waals surface area (Å²) in [4.78, 5) is 22.7. The van der Waals surface area contributed by atoms with Gasteiger partial charge in [0.05, 0.1) is 7.11 Å². The first-order valence-electron chi connectivity index (χ1n) is 6.61. The molecule has 2 rings (SSSR count). The zero-order chi connectivity index (χ0) is 15.2. The number of ether oxygens (including phenoxy) is 1. The molecule has 0 N–H and O–H groups in total. The Labute approximate surface area is 123 Å². The van der Waals surface area contributed by atoms with Crippen LogP contribution < -0.4 is 0 Å². The van der Waals surface area contributed by atoms with E-state index in [0.29, 0.717) is 12.1 Å². The van der Waals surface area contributed by atoms with Crippen LogP contribution in [0.15, 0.2) is 48.7 Å². The largest absolute Gasteiger partial charge is 0.466 e. The second kappa shape index (κ2) is 6.70. The number of carbonyl (C=O) groups excluding carboxylic acids is 2. The maximum Gasteiger partial charge on any atom is 0.330 e. The Morgan fingerprint density at radius 2 is 1.95 bits per heavy atom. The molecule has 1 heterocycles. The van der Waals surface area contributed by atoms with Gasteiger partial charge in [0.25, 0.3) is 0 Å². The second-order valence-electron chi connectivity index (χ2n) is 4.68. The van der Waals surface area contributed by atoms with Crippen molar-refractivity contribution in [3.63, 3.8) is 0 Å². The summed E-state index contributed by atoms with van der Waals surface area (Å²) < 4.78 is 6.52. The summed E-state index contributed by atoms with van der Waals surface area (Å²) in [5.74, 6) is -0.429. The summed E-state index contributed by atoms with van der Waals surface area (Å²) in [7, 11) is 1.33. The fraction of sp³-hybridized carbons (Fsp3) is 0.176. The number of hydrogen-bond acceptors (Lipinski definition) is 3. The molecule has 108 valence electrons. The van der Waals surface area contributed by atoms with E-state index in [0.717, 1.165) is 11.3 Å². The number of aromatic nitrogens is 1. The number of nitrogens with zero attached hydrogens (tertiary/aromatic N) is 1. The predicted octanol–water partition coefficient (Wildman–Crippen LogP) is 2.93. The highest BCUT2D eigenvalue weighted by Crippen LogP contribution is 2.14. The molecule has 0 amide bonds. The monoisotopic (exact) mass is 283 g/mol. The van der Waals surface area contributed by atoms with E-state index in [1.54, 1.807) is 18.3 Å². The molecule has 0 spiro atoms. The Morgan fingerprint density at radius 1 is 1.24 bits per heavy atom. The SMILES string of the molecule is COC(=O)C=Cc1cc(C(C)=O)cn1Cc1ccccc1. The summed E-state index contributed by atoms with van der Waals surface area (Å²) in [5, 5.41) is 0. The lowest BCUT2D eigenvalue weighted by molar-refractivity contribution is -0.134. The van der Waals surface area contributed by atoms with E-state index >= 15 is 0 Å². The number of rotatable bonds is 5. The van der Waals surface area contributed by atoms with Gasteiger partial charge in [-0.15, -0.1) is 0 Å². The number of benzene rings is 1. The number of hydrogen-bond donors (Lipinski definition) is 0. The highest BCUT2D eigenvalue weighted by molar-refractivity contribution is 5.95. The zero-order valence-electron chi connectivity index (χ0n) is 12.1. The van der Waals surface area contributed by atoms with Gasteiger partial charge in [0.1, 0.15) is 0 Å². The van der Waals surface area contributed by atoms with Gasteiger partial charge in [0.2, 0.25) is 0 Å². The normalized spacial score (nSPS) is 10.8. The third kappa shape index (κ3) is 3.92. The average molecular weight is 283 g/mol. The average Bonchev–Trinajstić information content (AvgIpc) is 2.89. The smallest absolute Gasteiger partial charge is 0.330 e. The van der Waals surface area contributed by atoms with Crippen LogP contribution in [-0.2, 0) is 16.1 Å². The van der Waals surface area contributed by atoms with Crippen molar-refractivity contribution >= 4 is 17.8 Å². The van der Waals surface area contributed by atoms with E-state index in [-0.39, 0.29) is 5.78 Å². The van der Waals surface area contributed by atoms with Crippen molar-refractivity contribution in [3.8, 4) is 0 Å². The maximum absolute atomic E-state index is 11.5. The highest BCUT2D eigenvalue weighted by Gasteiger charge is 2.08. The Bertz CT molecular complexity index is 669. The Hall–Kier alpha value is -2.62. The minimum absolute atomic E-state index is 0.00507. The van der Waals surface area contributed by atoms with Crippen LogP contribution in [-0.4, -0.2) is 23.4 Å². The van der Waals surface area contributed by atoms with Crippen molar-refractivity contribution < 1.29 is 14.3 Å². The third-order valence-electron chi connectivity index (χ3n) is 3.12. The zero-order valence-corrected chi connectivity index (χ0v) is 12.1. The summed E-state index contributed by atoms with van der Waals surface area (Å²) in [6.45, 7) is 2.16. The van der Waals surface area contributed by atoms with Crippen LogP contribution in [0.3, 0.4) is 0 Å². The van der Waals surface area contributed by atoms with Crippen LogP contribution in [0.1, 0.15) is 28.5 Å². The van der Waals surface area contributed by atoms with Gasteiger partial charge in [-0.25, -0.2) is 4.79 Å².